The number of likely N-dealkylation sites (N-methyl/N-ethyl adjacent to an activating group) is 2. The molecule has 2 atom stereocenters. The molecule has 0 spiro atoms. The van der Waals surface area contributed by atoms with Crippen LogP contribution >= 0.6 is 0 Å². The van der Waals surface area contributed by atoms with Gasteiger partial charge in [0.25, 0.3) is 0 Å². The van der Waals surface area contributed by atoms with Crippen LogP contribution in [-0.4, -0.2) is 62.2 Å². The molecule has 2 aliphatic heterocycles. The fourth-order valence-electron chi connectivity index (χ4n) is 3.27. The summed E-state index contributed by atoms with van der Waals surface area (Å²) in [6.45, 7) is 5.07. The van der Waals surface area contributed by atoms with Gasteiger partial charge in [0.05, 0.1) is 0 Å². The molecule has 2 unspecified atom stereocenters. The van der Waals surface area contributed by atoms with E-state index in [0.717, 1.165) is 12.1 Å². The summed E-state index contributed by atoms with van der Waals surface area (Å²) in [5.41, 5.74) is 0. The lowest BCUT2D eigenvalue weighted by molar-refractivity contribution is 0.132. The first-order valence-electron chi connectivity index (χ1n) is 7.38. The maximum atomic E-state index is 3.59. The minimum Gasteiger partial charge on any atom is -0.314 e. The Morgan fingerprint density at radius 1 is 1.29 bits per heavy atom. The predicted molar refractivity (Wildman–Crippen MR) is 73.4 cm³/mol. The summed E-state index contributed by atoms with van der Waals surface area (Å²) < 4.78 is 0. The second kappa shape index (κ2) is 6.72. The quantitative estimate of drug-likeness (QED) is 0.785. The molecule has 3 nitrogen and oxygen atoms in total. The topological polar surface area (TPSA) is 18.5 Å². The fraction of sp³-hybridized carbons (Fsp3) is 1.00. The van der Waals surface area contributed by atoms with Crippen molar-refractivity contribution in [2.45, 2.75) is 50.6 Å². The minimum atomic E-state index is 0.797. The van der Waals surface area contributed by atoms with Crippen LogP contribution in [0.3, 0.4) is 0 Å². The first-order valence-corrected chi connectivity index (χ1v) is 7.38. The molecule has 2 saturated heterocycles. The van der Waals surface area contributed by atoms with Crippen LogP contribution in [0.25, 0.3) is 0 Å². The van der Waals surface area contributed by atoms with Gasteiger partial charge in [0, 0.05) is 18.6 Å². The van der Waals surface area contributed by atoms with E-state index in [4.69, 9.17) is 0 Å². The second-order valence-corrected chi connectivity index (χ2v) is 5.97. The molecule has 2 fully saturated rings. The highest BCUT2D eigenvalue weighted by atomic mass is 15.2. The Balaban J connectivity index is 1.60. The molecule has 0 aromatic rings. The molecule has 2 heterocycles. The zero-order valence-corrected chi connectivity index (χ0v) is 11.6. The zero-order chi connectivity index (χ0) is 12.1. The number of hydrogen-bond acceptors (Lipinski definition) is 3. The van der Waals surface area contributed by atoms with Crippen LogP contribution in [-0.2, 0) is 0 Å². The molecule has 2 aliphatic rings. The molecule has 0 aromatic heterocycles. The highest BCUT2D eigenvalue weighted by Gasteiger charge is 2.21. The van der Waals surface area contributed by atoms with E-state index in [-0.39, 0.29) is 0 Å². The molecule has 0 radical (unpaired) electrons. The Morgan fingerprint density at radius 2 is 2.18 bits per heavy atom. The third-order valence-electron chi connectivity index (χ3n) is 4.45. The van der Waals surface area contributed by atoms with E-state index in [0.29, 0.717) is 0 Å². The van der Waals surface area contributed by atoms with Gasteiger partial charge >= 0.3 is 0 Å². The van der Waals surface area contributed by atoms with Crippen molar-refractivity contribution in [2.24, 2.45) is 0 Å². The van der Waals surface area contributed by atoms with Crippen LogP contribution in [0, 0.1) is 0 Å². The lowest BCUT2D eigenvalue weighted by Gasteiger charge is -2.36. The van der Waals surface area contributed by atoms with Crippen LogP contribution in [0.2, 0.25) is 0 Å². The Morgan fingerprint density at radius 3 is 2.88 bits per heavy atom. The van der Waals surface area contributed by atoms with Gasteiger partial charge in [-0.15, -0.1) is 0 Å². The summed E-state index contributed by atoms with van der Waals surface area (Å²) in [7, 11) is 4.56. The number of nitrogens with zero attached hydrogens (tertiary/aromatic N) is 2. The van der Waals surface area contributed by atoms with E-state index in [2.05, 4.69) is 29.2 Å². The van der Waals surface area contributed by atoms with Crippen molar-refractivity contribution < 1.29 is 0 Å². The van der Waals surface area contributed by atoms with E-state index >= 15 is 0 Å². The van der Waals surface area contributed by atoms with Gasteiger partial charge in [-0.3, -0.25) is 0 Å². The van der Waals surface area contributed by atoms with Gasteiger partial charge in [-0.25, -0.2) is 0 Å². The van der Waals surface area contributed by atoms with Crippen molar-refractivity contribution in [3.05, 3.63) is 0 Å². The molecule has 0 aliphatic carbocycles. The Hall–Kier alpha value is -0.120. The van der Waals surface area contributed by atoms with Gasteiger partial charge in [-0.05, 0) is 72.3 Å². The minimum absolute atomic E-state index is 0.797. The van der Waals surface area contributed by atoms with Crippen molar-refractivity contribution in [3.63, 3.8) is 0 Å². The monoisotopic (exact) mass is 239 g/mol. The maximum absolute atomic E-state index is 3.59. The number of likely N-dealkylation sites (tertiary alicyclic amines) is 1. The number of piperidine rings is 1. The van der Waals surface area contributed by atoms with E-state index in [1.54, 1.807) is 0 Å². The summed E-state index contributed by atoms with van der Waals surface area (Å²) in [6.07, 6.45) is 8.27. The molecule has 2 rings (SSSR count). The van der Waals surface area contributed by atoms with Crippen molar-refractivity contribution in [3.8, 4) is 0 Å². The zero-order valence-electron chi connectivity index (χ0n) is 11.6. The lowest BCUT2D eigenvalue weighted by atomic mass is 10.0. The van der Waals surface area contributed by atoms with E-state index in [1.807, 2.05) is 0 Å². The third kappa shape index (κ3) is 4.23. The molecule has 0 aromatic carbocycles. The number of rotatable bonds is 5. The SMILES string of the molecule is CN1CCCC(N(C)CCCC2CCCN2)C1. The summed E-state index contributed by atoms with van der Waals surface area (Å²) in [4.78, 5) is 5.06. The Kier molecular flexibility index (Phi) is 5.26. The van der Waals surface area contributed by atoms with Crippen LogP contribution in [0.1, 0.15) is 38.5 Å². The first kappa shape index (κ1) is 13.3. The maximum Gasteiger partial charge on any atom is 0.0220 e. The predicted octanol–water partition coefficient (Wildman–Crippen LogP) is 1.54. The van der Waals surface area contributed by atoms with Crippen molar-refractivity contribution in [1.82, 2.24) is 15.1 Å². The Labute approximate surface area is 107 Å². The number of nitrogens with one attached hydrogen (secondary N) is 1. The average Bonchev–Trinajstić information content (AvgIpc) is 2.82. The van der Waals surface area contributed by atoms with Gasteiger partial charge in [0.2, 0.25) is 0 Å². The van der Waals surface area contributed by atoms with Crippen molar-refractivity contribution in [1.29, 1.82) is 0 Å². The van der Waals surface area contributed by atoms with Crippen molar-refractivity contribution in [2.75, 3.05) is 40.3 Å². The van der Waals surface area contributed by atoms with Gasteiger partial charge in [-0.1, -0.05) is 0 Å². The molecule has 0 saturated carbocycles. The smallest absolute Gasteiger partial charge is 0.0220 e. The van der Waals surface area contributed by atoms with Gasteiger partial charge in [0.1, 0.15) is 0 Å². The summed E-state index contributed by atoms with van der Waals surface area (Å²) >= 11 is 0. The molecule has 0 amide bonds. The number of hydrogen-bond donors (Lipinski definition) is 1. The summed E-state index contributed by atoms with van der Waals surface area (Å²) in [5, 5.41) is 3.59. The molecular formula is C14H29N3. The standard InChI is InChI=1S/C14H29N3/c1-16-10-5-8-14(12-16)17(2)11-4-7-13-6-3-9-15-13/h13-15H,3-12H2,1-2H3. The van der Waals surface area contributed by atoms with E-state index in [9.17, 15) is 0 Å². The molecular weight excluding hydrogens is 210 g/mol. The summed E-state index contributed by atoms with van der Waals surface area (Å²) in [6, 6.07) is 1.61. The van der Waals surface area contributed by atoms with Crippen LogP contribution in [0.15, 0.2) is 0 Å². The molecule has 17 heavy (non-hydrogen) atoms. The highest BCUT2D eigenvalue weighted by molar-refractivity contribution is 4.79. The lowest BCUT2D eigenvalue weighted by Crippen LogP contribution is -2.45. The molecule has 3 heteroatoms. The normalized spacial score (nSPS) is 31.2. The van der Waals surface area contributed by atoms with Gasteiger partial charge in [0.15, 0.2) is 0 Å². The van der Waals surface area contributed by atoms with Gasteiger partial charge in [-0.2, -0.15) is 0 Å². The Bertz CT molecular complexity index is 214. The molecule has 0 bridgehead atoms. The largest absolute Gasteiger partial charge is 0.314 e. The highest BCUT2D eigenvalue weighted by Crippen LogP contribution is 2.15. The van der Waals surface area contributed by atoms with Gasteiger partial charge < -0.3 is 15.1 Å². The summed E-state index contributed by atoms with van der Waals surface area (Å²) in [5.74, 6) is 0. The third-order valence-corrected chi connectivity index (χ3v) is 4.45. The van der Waals surface area contributed by atoms with Crippen LogP contribution in [0.4, 0.5) is 0 Å². The van der Waals surface area contributed by atoms with Crippen LogP contribution in [0.5, 0.6) is 0 Å². The molecule has 1 N–H and O–H groups in total. The van der Waals surface area contributed by atoms with E-state index < -0.39 is 0 Å². The van der Waals surface area contributed by atoms with Crippen LogP contribution < -0.4 is 5.32 Å². The van der Waals surface area contributed by atoms with E-state index in [1.165, 1.54) is 64.7 Å². The molecule has 100 valence electrons. The fourth-order valence-corrected chi connectivity index (χ4v) is 3.27. The average molecular weight is 239 g/mol. The second-order valence-electron chi connectivity index (χ2n) is 5.97. The van der Waals surface area contributed by atoms with Crippen molar-refractivity contribution >= 4 is 0 Å². The first-order chi connectivity index (χ1) is 8.25.